The van der Waals surface area contributed by atoms with Crippen LogP contribution in [0.5, 0.6) is 0 Å². The molecule has 1 atom stereocenters. The Bertz CT molecular complexity index is 225. The number of carboxylic acids is 1. The maximum absolute atomic E-state index is 10.7. The fourth-order valence-electron chi connectivity index (χ4n) is 1.26. The smallest absolute Gasteiger partial charge is 0.569 e. The van der Waals surface area contributed by atoms with Gasteiger partial charge in [-0.2, -0.15) is 0 Å². The molecule has 0 spiro atoms. The zero-order chi connectivity index (χ0) is 9.14. The molecule has 1 saturated heterocycles. The van der Waals surface area contributed by atoms with E-state index >= 15 is 0 Å². The number of carboxylic acid groups (broad SMARTS) is 1. The van der Waals surface area contributed by atoms with Gasteiger partial charge < -0.3 is 15.5 Å². The third-order valence-electron chi connectivity index (χ3n) is 1.81. The molecule has 0 amide bonds. The van der Waals surface area contributed by atoms with Crippen molar-refractivity contribution in [2.75, 3.05) is 6.54 Å². The zero-order valence-electron chi connectivity index (χ0n) is 8.25. The SMILES string of the molecule is O=C(O)[C@@H]1CCCN1/[N+]([O-])=N\O.[Na+].[Na+]. The van der Waals surface area contributed by atoms with E-state index in [1.54, 1.807) is 0 Å². The van der Waals surface area contributed by atoms with Crippen molar-refractivity contribution in [1.82, 2.24) is 5.01 Å². The largest absolute Gasteiger partial charge is 1.00 e. The Morgan fingerprint density at radius 1 is 1.57 bits per heavy atom. The van der Waals surface area contributed by atoms with Gasteiger partial charge in [-0.1, -0.05) is 0 Å². The summed E-state index contributed by atoms with van der Waals surface area (Å²) in [7, 11) is 0. The van der Waals surface area contributed by atoms with Crippen LogP contribution >= 0.6 is 0 Å². The average Bonchev–Trinajstić information content (AvgIpc) is 2.50. The molecule has 0 aromatic rings. The van der Waals surface area contributed by atoms with Crippen molar-refractivity contribution in [3.8, 4) is 0 Å². The first-order chi connectivity index (χ1) is 5.66. The number of nitrogens with zero attached hydrogens (tertiary/aromatic N) is 3. The summed E-state index contributed by atoms with van der Waals surface area (Å²) < 4.78 is 0. The quantitative estimate of drug-likeness (QED) is 0.209. The number of carbonyl (C=O) groups is 1. The van der Waals surface area contributed by atoms with Crippen LogP contribution in [0, 0.1) is 5.21 Å². The molecule has 7 nitrogen and oxygen atoms in total. The molecule has 2 N–H and O–H groups in total. The van der Waals surface area contributed by atoms with Gasteiger partial charge in [0.15, 0.2) is 6.04 Å². The van der Waals surface area contributed by atoms with Crippen LogP contribution in [0.25, 0.3) is 0 Å². The van der Waals surface area contributed by atoms with E-state index in [0.717, 1.165) is 5.01 Å². The Hall–Kier alpha value is 0.470. The summed E-state index contributed by atoms with van der Waals surface area (Å²) in [5, 5.41) is 30.7. The predicted molar refractivity (Wildman–Crippen MR) is 35.2 cm³/mol. The molecule has 0 saturated carbocycles. The number of aliphatic carboxylic acids is 1. The second kappa shape index (κ2) is 7.72. The van der Waals surface area contributed by atoms with E-state index < -0.39 is 12.0 Å². The van der Waals surface area contributed by atoms with Gasteiger partial charge in [0.25, 0.3) is 0 Å². The summed E-state index contributed by atoms with van der Waals surface area (Å²) in [5.74, 6) is -1.07. The molecule has 9 heteroatoms. The number of rotatable bonds is 2. The van der Waals surface area contributed by atoms with E-state index in [1.807, 2.05) is 0 Å². The van der Waals surface area contributed by atoms with Crippen LogP contribution in [0.15, 0.2) is 5.28 Å². The second-order valence-electron chi connectivity index (χ2n) is 2.50. The number of hydrogen-bond acceptors (Lipinski definition) is 3. The number of hydrazine groups is 1. The average molecular weight is 221 g/mol. The molecule has 0 bridgehead atoms. The van der Waals surface area contributed by atoms with Crippen LogP contribution in [-0.2, 0) is 4.79 Å². The minimum atomic E-state index is -1.07. The summed E-state index contributed by atoms with van der Waals surface area (Å²) in [6.45, 7) is 0.310. The molecule has 1 rings (SSSR count). The molecule has 1 fully saturated rings. The minimum Gasteiger partial charge on any atom is -0.569 e. The zero-order valence-corrected chi connectivity index (χ0v) is 12.3. The monoisotopic (exact) mass is 221 g/mol. The molecule has 14 heavy (non-hydrogen) atoms. The maximum atomic E-state index is 10.7. The maximum Gasteiger partial charge on any atom is 1.00 e. The van der Waals surface area contributed by atoms with Gasteiger partial charge in [-0.05, 0) is 12.8 Å². The Morgan fingerprint density at radius 2 is 2.14 bits per heavy atom. The summed E-state index contributed by atoms with van der Waals surface area (Å²) >= 11 is 0. The normalized spacial score (nSPS) is 21.0. The van der Waals surface area contributed by atoms with Crippen molar-refractivity contribution in [2.45, 2.75) is 18.9 Å². The van der Waals surface area contributed by atoms with Gasteiger partial charge in [-0.15, -0.1) is 5.01 Å². The third-order valence-corrected chi connectivity index (χ3v) is 1.81. The fourth-order valence-corrected chi connectivity index (χ4v) is 1.26. The van der Waals surface area contributed by atoms with Gasteiger partial charge in [0, 0.05) is 0 Å². The van der Waals surface area contributed by atoms with E-state index in [4.69, 9.17) is 10.3 Å². The molecular weight excluding hydrogens is 212 g/mol. The first-order valence-electron chi connectivity index (χ1n) is 3.48. The summed E-state index contributed by atoms with van der Waals surface area (Å²) in [5.41, 5.74) is 0. The first kappa shape index (κ1) is 16.9. The van der Waals surface area contributed by atoms with E-state index in [2.05, 4.69) is 5.28 Å². The summed E-state index contributed by atoms with van der Waals surface area (Å²) in [6, 6.07) is -0.863. The van der Waals surface area contributed by atoms with Gasteiger partial charge in [0.2, 0.25) is 5.28 Å². The van der Waals surface area contributed by atoms with Crippen molar-refractivity contribution >= 4 is 5.97 Å². The molecule has 0 unspecified atom stereocenters. The molecular formula is C5H9N3Na2O4+2. The molecule has 68 valence electrons. The van der Waals surface area contributed by atoms with Crippen LogP contribution in [0.3, 0.4) is 0 Å². The van der Waals surface area contributed by atoms with Crippen molar-refractivity contribution in [3.05, 3.63) is 5.21 Å². The van der Waals surface area contributed by atoms with Crippen LogP contribution in [0.4, 0.5) is 0 Å². The summed E-state index contributed by atoms with van der Waals surface area (Å²) in [4.78, 5) is 10.4. The second-order valence-corrected chi connectivity index (χ2v) is 2.50. The van der Waals surface area contributed by atoms with E-state index in [0.29, 0.717) is 19.4 Å². The number of hydrogen-bond donors (Lipinski definition) is 2. The van der Waals surface area contributed by atoms with Gasteiger partial charge in [0.1, 0.15) is 0 Å². The fraction of sp³-hybridized carbons (Fsp3) is 0.800. The Morgan fingerprint density at radius 3 is 2.57 bits per heavy atom. The van der Waals surface area contributed by atoms with Crippen LogP contribution < -0.4 is 59.1 Å². The Labute approximate surface area is 125 Å². The van der Waals surface area contributed by atoms with Crippen molar-refractivity contribution < 1.29 is 79.2 Å². The molecule has 0 radical (unpaired) electrons. The van der Waals surface area contributed by atoms with Gasteiger partial charge in [-0.25, -0.2) is 4.79 Å². The van der Waals surface area contributed by atoms with Crippen molar-refractivity contribution in [2.24, 2.45) is 5.28 Å². The molecule has 1 heterocycles. The standard InChI is InChI=1S/C5H9N3O4.2Na/c9-5(10)4-2-1-3-7(4)8(12)6-11;;/h4,11H,1-3H2,(H,9,10);;/q;2*+1/b8-6+;;/t4-;;/m0../s1. The molecule has 1 aliphatic rings. The summed E-state index contributed by atoms with van der Waals surface area (Å²) in [6.07, 6.45) is 1.02. The third kappa shape index (κ3) is 3.92. The van der Waals surface area contributed by atoms with Crippen molar-refractivity contribution in [3.63, 3.8) is 0 Å². The topological polar surface area (TPSA) is 99.2 Å². The van der Waals surface area contributed by atoms with Crippen molar-refractivity contribution in [1.29, 1.82) is 0 Å². The van der Waals surface area contributed by atoms with Gasteiger partial charge >= 0.3 is 65.1 Å². The van der Waals surface area contributed by atoms with E-state index in [1.165, 1.54) is 0 Å². The van der Waals surface area contributed by atoms with E-state index in [9.17, 15) is 10.0 Å². The molecule has 0 aromatic carbocycles. The Kier molecular flexibility index (Phi) is 9.31. The Balaban J connectivity index is 0. The van der Waals surface area contributed by atoms with Gasteiger partial charge in [0.05, 0.1) is 11.5 Å². The molecule has 0 aromatic heterocycles. The predicted octanol–water partition coefficient (Wildman–Crippen LogP) is -6.19. The van der Waals surface area contributed by atoms with E-state index in [-0.39, 0.29) is 64.1 Å². The minimum absolute atomic E-state index is 0. The molecule has 1 aliphatic heterocycles. The van der Waals surface area contributed by atoms with Crippen LogP contribution in [-0.4, -0.2) is 38.8 Å². The van der Waals surface area contributed by atoms with Crippen LogP contribution in [0.2, 0.25) is 0 Å². The van der Waals surface area contributed by atoms with Gasteiger partial charge in [-0.3, -0.25) is 0 Å². The molecule has 0 aliphatic carbocycles. The first-order valence-corrected chi connectivity index (χ1v) is 3.48. The van der Waals surface area contributed by atoms with Crippen LogP contribution in [0.1, 0.15) is 12.8 Å².